The SMILES string of the molecule is CNc1ncc([N+](=O)[O-])c(N2CCCOC(C)C2)n1. The van der Waals surface area contributed by atoms with Crippen LogP contribution in [0.5, 0.6) is 0 Å². The van der Waals surface area contributed by atoms with E-state index in [1.54, 1.807) is 7.05 Å². The van der Waals surface area contributed by atoms with Gasteiger partial charge in [0.1, 0.15) is 6.20 Å². The minimum Gasteiger partial charge on any atom is -0.377 e. The second-order valence-electron chi connectivity index (χ2n) is 4.39. The van der Waals surface area contributed by atoms with Gasteiger partial charge in [0.15, 0.2) is 0 Å². The molecule has 1 N–H and O–H groups in total. The molecule has 0 bridgehead atoms. The van der Waals surface area contributed by atoms with E-state index in [9.17, 15) is 10.1 Å². The Balaban J connectivity index is 2.36. The van der Waals surface area contributed by atoms with E-state index in [2.05, 4.69) is 15.3 Å². The van der Waals surface area contributed by atoms with Gasteiger partial charge in [0.05, 0.1) is 11.0 Å². The third kappa shape index (κ3) is 3.08. The van der Waals surface area contributed by atoms with Gasteiger partial charge in [-0.15, -0.1) is 0 Å². The summed E-state index contributed by atoms with van der Waals surface area (Å²) in [5.74, 6) is 0.722. The maximum Gasteiger partial charge on any atom is 0.329 e. The van der Waals surface area contributed by atoms with Gasteiger partial charge in [-0.3, -0.25) is 10.1 Å². The molecular weight excluding hydrogens is 250 g/mol. The molecule has 0 spiro atoms. The van der Waals surface area contributed by atoms with Crippen molar-refractivity contribution >= 4 is 17.5 Å². The van der Waals surface area contributed by atoms with Crippen molar-refractivity contribution in [1.82, 2.24) is 9.97 Å². The Morgan fingerprint density at radius 2 is 2.42 bits per heavy atom. The van der Waals surface area contributed by atoms with Crippen molar-refractivity contribution in [3.8, 4) is 0 Å². The van der Waals surface area contributed by atoms with E-state index in [0.717, 1.165) is 6.42 Å². The number of nitro groups is 1. The molecule has 1 aliphatic rings. The van der Waals surface area contributed by atoms with Gasteiger partial charge in [-0.05, 0) is 13.3 Å². The van der Waals surface area contributed by atoms with Gasteiger partial charge in [0, 0.05) is 26.7 Å². The molecule has 2 heterocycles. The summed E-state index contributed by atoms with van der Waals surface area (Å²) in [6.45, 7) is 3.88. The van der Waals surface area contributed by atoms with Gasteiger partial charge in [-0.2, -0.15) is 4.98 Å². The standard InChI is InChI=1S/C11H17N5O3/c1-8-7-15(4-3-5-19-8)10-9(16(17)18)6-13-11(12-2)14-10/h6,8H,3-5,7H2,1-2H3,(H,12,13,14). The Morgan fingerprint density at radius 1 is 1.63 bits per heavy atom. The molecular formula is C11H17N5O3. The van der Waals surface area contributed by atoms with Crippen LogP contribution in [0.2, 0.25) is 0 Å². The molecule has 1 aromatic rings. The molecule has 1 saturated heterocycles. The maximum atomic E-state index is 11.1. The third-order valence-electron chi connectivity index (χ3n) is 2.92. The molecule has 1 fully saturated rings. The summed E-state index contributed by atoms with van der Waals surface area (Å²) in [5.41, 5.74) is -0.0758. The lowest BCUT2D eigenvalue weighted by atomic mass is 10.3. The summed E-state index contributed by atoms with van der Waals surface area (Å²) < 4.78 is 5.54. The van der Waals surface area contributed by atoms with Gasteiger partial charge in [-0.25, -0.2) is 4.98 Å². The van der Waals surface area contributed by atoms with E-state index in [4.69, 9.17) is 4.74 Å². The molecule has 0 amide bonds. The lowest BCUT2D eigenvalue weighted by Gasteiger charge is -2.22. The van der Waals surface area contributed by atoms with Crippen LogP contribution in [0.1, 0.15) is 13.3 Å². The minimum atomic E-state index is -0.453. The van der Waals surface area contributed by atoms with Crippen LogP contribution in [0, 0.1) is 10.1 Å². The Bertz CT molecular complexity index is 468. The van der Waals surface area contributed by atoms with Crippen molar-refractivity contribution in [1.29, 1.82) is 0 Å². The van der Waals surface area contributed by atoms with Crippen LogP contribution < -0.4 is 10.2 Å². The zero-order chi connectivity index (χ0) is 13.8. The van der Waals surface area contributed by atoms with E-state index in [0.29, 0.717) is 31.5 Å². The van der Waals surface area contributed by atoms with Crippen LogP contribution in [-0.4, -0.2) is 47.7 Å². The molecule has 0 saturated carbocycles. The van der Waals surface area contributed by atoms with Crippen molar-refractivity contribution in [3.63, 3.8) is 0 Å². The molecule has 8 heteroatoms. The topological polar surface area (TPSA) is 93.4 Å². The van der Waals surface area contributed by atoms with Crippen LogP contribution >= 0.6 is 0 Å². The normalized spacial score (nSPS) is 19.9. The van der Waals surface area contributed by atoms with E-state index in [1.165, 1.54) is 6.20 Å². The number of aromatic nitrogens is 2. The zero-order valence-electron chi connectivity index (χ0n) is 11.0. The molecule has 104 valence electrons. The fourth-order valence-corrected chi connectivity index (χ4v) is 2.04. The summed E-state index contributed by atoms with van der Waals surface area (Å²) in [6.07, 6.45) is 2.08. The fraction of sp³-hybridized carbons (Fsp3) is 0.636. The number of hydrogen-bond acceptors (Lipinski definition) is 7. The van der Waals surface area contributed by atoms with E-state index in [-0.39, 0.29) is 11.8 Å². The van der Waals surface area contributed by atoms with Crippen molar-refractivity contribution in [2.75, 3.05) is 37.0 Å². The number of ether oxygens (including phenoxy) is 1. The molecule has 0 aromatic carbocycles. The molecule has 1 aromatic heterocycles. The number of nitrogens with one attached hydrogen (secondary N) is 1. The van der Waals surface area contributed by atoms with Crippen LogP contribution in [0.4, 0.5) is 17.5 Å². The monoisotopic (exact) mass is 267 g/mol. The first-order valence-corrected chi connectivity index (χ1v) is 6.17. The quantitative estimate of drug-likeness (QED) is 0.646. The van der Waals surface area contributed by atoms with Gasteiger partial charge in [0.25, 0.3) is 0 Å². The van der Waals surface area contributed by atoms with Gasteiger partial charge >= 0.3 is 5.69 Å². The van der Waals surface area contributed by atoms with Gasteiger partial charge in [-0.1, -0.05) is 0 Å². The average molecular weight is 267 g/mol. The highest BCUT2D eigenvalue weighted by Crippen LogP contribution is 2.27. The first kappa shape index (κ1) is 13.5. The summed E-state index contributed by atoms with van der Waals surface area (Å²) in [7, 11) is 1.68. The molecule has 1 atom stereocenters. The molecule has 19 heavy (non-hydrogen) atoms. The second kappa shape index (κ2) is 5.79. The predicted molar refractivity (Wildman–Crippen MR) is 70.5 cm³/mol. The molecule has 1 unspecified atom stereocenters. The van der Waals surface area contributed by atoms with Crippen LogP contribution in [-0.2, 0) is 4.74 Å². The number of anilines is 2. The third-order valence-corrected chi connectivity index (χ3v) is 2.92. The molecule has 2 rings (SSSR count). The van der Waals surface area contributed by atoms with Crippen LogP contribution in [0.15, 0.2) is 6.20 Å². The first-order chi connectivity index (χ1) is 9.11. The Labute approximate surface area is 110 Å². The van der Waals surface area contributed by atoms with Crippen molar-refractivity contribution < 1.29 is 9.66 Å². The zero-order valence-corrected chi connectivity index (χ0v) is 11.0. The molecule has 1 aliphatic heterocycles. The highest BCUT2D eigenvalue weighted by Gasteiger charge is 2.25. The Kier molecular flexibility index (Phi) is 4.10. The summed E-state index contributed by atoms with van der Waals surface area (Å²) in [5, 5.41) is 13.9. The second-order valence-corrected chi connectivity index (χ2v) is 4.39. The maximum absolute atomic E-state index is 11.1. The largest absolute Gasteiger partial charge is 0.377 e. The fourth-order valence-electron chi connectivity index (χ4n) is 2.04. The molecule has 0 aliphatic carbocycles. The highest BCUT2D eigenvalue weighted by molar-refractivity contribution is 5.59. The average Bonchev–Trinajstić information content (AvgIpc) is 2.62. The number of nitrogens with zero attached hydrogens (tertiary/aromatic N) is 4. The van der Waals surface area contributed by atoms with Crippen molar-refractivity contribution in [3.05, 3.63) is 16.3 Å². The Morgan fingerprint density at radius 3 is 3.11 bits per heavy atom. The number of rotatable bonds is 3. The van der Waals surface area contributed by atoms with Crippen molar-refractivity contribution in [2.45, 2.75) is 19.4 Å². The van der Waals surface area contributed by atoms with Crippen LogP contribution in [0.3, 0.4) is 0 Å². The van der Waals surface area contributed by atoms with Gasteiger partial charge in [0.2, 0.25) is 11.8 Å². The highest BCUT2D eigenvalue weighted by atomic mass is 16.6. The summed E-state index contributed by atoms with van der Waals surface area (Å²) in [6, 6.07) is 0. The summed E-state index contributed by atoms with van der Waals surface area (Å²) in [4.78, 5) is 20.6. The van der Waals surface area contributed by atoms with E-state index < -0.39 is 4.92 Å². The van der Waals surface area contributed by atoms with E-state index >= 15 is 0 Å². The smallest absolute Gasteiger partial charge is 0.329 e. The van der Waals surface area contributed by atoms with E-state index in [1.807, 2.05) is 11.8 Å². The number of hydrogen-bond donors (Lipinski definition) is 1. The molecule has 0 radical (unpaired) electrons. The first-order valence-electron chi connectivity index (χ1n) is 6.17. The predicted octanol–water partition coefficient (Wildman–Crippen LogP) is 1.04. The molecule has 8 nitrogen and oxygen atoms in total. The minimum absolute atomic E-state index is 0.0232. The Hall–Kier alpha value is -1.96. The van der Waals surface area contributed by atoms with Crippen LogP contribution in [0.25, 0.3) is 0 Å². The van der Waals surface area contributed by atoms with Gasteiger partial charge < -0.3 is 15.0 Å². The van der Waals surface area contributed by atoms with Crippen molar-refractivity contribution in [2.24, 2.45) is 0 Å². The summed E-state index contributed by atoms with van der Waals surface area (Å²) >= 11 is 0. The lowest BCUT2D eigenvalue weighted by molar-refractivity contribution is -0.384. The lowest BCUT2D eigenvalue weighted by Crippen LogP contribution is -2.31.